The number of esters is 1. The van der Waals surface area contributed by atoms with Crippen molar-refractivity contribution in [2.45, 2.75) is 95.8 Å². The summed E-state index contributed by atoms with van der Waals surface area (Å²) in [6.45, 7) is 3.26. The van der Waals surface area contributed by atoms with Gasteiger partial charge in [-0.05, 0) is 67.8 Å². The molecule has 12 nitrogen and oxygen atoms in total. The van der Waals surface area contributed by atoms with E-state index in [4.69, 9.17) is 15.6 Å². The summed E-state index contributed by atoms with van der Waals surface area (Å²) in [5.74, 6) is -4.62. The summed E-state index contributed by atoms with van der Waals surface area (Å²) in [6, 6.07) is -1.52. The zero-order valence-electron chi connectivity index (χ0n) is 23.5. The molecule has 0 radical (unpaired) electrons. The number of carboxylic acid groups (broad SMARTS) is 1. The second-order valence-corrected chi connectivity index (χ2v) is 12.7. The van der Waals surface area contributed by atoms with Gasteiger partial charge in [-0.3, -0.25) is 24.0 Å². The highest BCUT2D eigenvalue weighted by atomic mass is 16.5. The third kappa shape index (κ3) is 5.55. The Kier molecular flexibility index (Phi) is 8.48. The molecular formula is C29H40N2O10. The standard InChI is InChI=1S/C29H40N2O10/c1-27-9-7-16(32)11-15(27)3-4-17-18-8-10-29(40,28(18,2)13-20(33)25(17)27)21(34)14-41-24(37)6-5-23(36)31-19(26(38)39)12-22(30)35/h11,17-20,25,33,40H,3-10,12-14H2,1-2H3,(H2,30,35)(H,31,36)(H,38,39)/t17-,18-,19?,20-,25+,27-,28-,29-/m0/s1. The second-order valence-electron chi connectivity index (χ2n) is 12.7. The summed E-state index contributed by atoms with van der Waals surface area (Å²) in [5.41, 5.74) is 3.05. The lowest BCUT2D eigenvalue weighted by Crippen LogP contribution is -2.62. The van der Waals surface area contributed by atoms with Crippen LogP contribution in [0.15, 0.2) is 11.6 Å². The molecule has 226 valence electrons. The number of amides is 2. The molecule has 12 heteroatoms. The van der Waals surface area contributed by atoms with Crippen molar-refractivity contribution in [2.75, 3.05) is 6.61 Å². The minimum Gasteiger partial charge on any atom is -0.480 e. The molecule has 6 N–H and O–H groups in total. The Morgan fingerprint density at radius 2 is 1.83 bits per heavy atom. The molecule has 0 saturated heterocycles. The number of hydrogen-bond donors (Lipinski definition) is 5. The predicted molar refractivity (Wildman–Crippen MR) is 142 cm³/mol. The third-order valence-electron chi connectivity index (χ3n) is 10.5. The highest BCUT2D eigenvalue weighted by Crippen LogP contribution is 2.67. The maximum absolute atomic E-state index is 13.3. The first-order valence-electron chi connectivity index (χ1n) is 14.3. The largest absolute Gasteiger partial charge is 0.480 e. The molecule has 4 aliphatic rings. The fourth-order valence-electron chi connectivity index (χ4n) is 8.37. The van der Waals surface area contributed by atoms with Gasteiger partial charge in [-0.2, -0.15) is 0 Å². The Labute approximate surface area is 238 Å². The molecule has 2 amide bonds. The maximum atomic E-state index is 13.3. The van der Waals surface area contributed by atoms with Crippen LogP contribution in [0.5, 0.6) is 0 Å². The van der Waals surface area contributed by atoms with Crippen LogP contribution in [-0.2, 0) is 33.5 Å². The average Bonchev–Trinajstić information content (AvgIpc) is 3.16. The number of Topliss-reactive ketones (excluding diaryl/α,β-unsaturated/α-hetero) is 1. The summed E-state index contributed by atoms with van der Waals surface area (Å²) >= 11 is 0. The van der Waals surface area contributed by atoms with E-state index in [1.54, 1.807) is 6.08 Å². The van der Waals surface area contributed by atoms with Crippen LogP contribution in [0.4, 0.5) is 0 Å². The van der Waals surface area contributed by atoms with Gasteiger partial charge in [0.1, 0.15) is 11.6 Å². The monoisotopic (exact) mass is 576 g/mol. The van der Waals surface area contributed by atoms with E-state index in [1.165, 1.54) is 0 Å². The zero-order valence-corrected chi connectivity index (χ0v) is 23.5. The second kappa shape index (κ2) is 11.3. The number of aliphatic carboxylic acids is 1. The van der Waals surface area contributed by atoms with Crippen molar-refractivity contribution < 1.29 is 48.8 Å². The Morgan fingerprint density at radius 3 is 2.49 bits per heavy atom. The molecule has 0 heterocycles. The van der Waals surface area contributed by atoms with Crippen LogP contribution in [0.1, 0.15) is 78.1 Å². The van der Waals surface area contributed by atoms with Crippen LogP contribution in [0.25, 0.3) is 0 Å². The molecule has 4 rings (SSSR count). The van der Waals surface area contributed by atoms with E-state index in [2.05, 4.69) is 12.2 Å². The summed E-state index contributed by atoms with van der Waals surface area (Å²) in [6.07, 6.45) is 3.10. The molecule has 8 atom stereocenters. The molecule has 0 bridgehead atoms. The Hall–Kier alpha value is -3.12. The summed E-state index contributed by atoms with van der Waals surface area (Å²) in [4.78, 5) is 71.8. The molecule has 0 aromatic rings. The number of rotatable bonds is 10. The zero-order chi connectivity index (χ0) is 30.3. The van der Waals surface area contributed by atoms with Gasteiger partial charge < -0.3 is 31.1 Å². The lowest BCUT2D eigenvalue weighted by Gasteiger charge is -2.60. The number of carbonyl (C=O) groups is 6. The van der Waals surface area contributed by atoms with E-state index in [-0.39, 0.29) is 41.8 Å². The average molecular weight is 577 g/mol. The number of carboxylic acids is 1. The van der Waals surface area contributed by atoms with Crippen molar-refractivity contribution in [1.82, 2.24) is 5.32 Å². The number of carbonyl (C=O) groups excluding carboxylic acids is 5. The van der Waals surface area contributed by atoms with Gasteiger partial charge in [0.25, 0.3) is 0 Å². The minimum absolute atomic E-state index is 0.0252. The number of ketones is 2. The molecule has 1 unspecified atom stereocenters. The van der Waals surface area contributed by atoms with Crippen molar-refractivity contribution in [3.63, 3.8) is 0 Å². The van der Waals surface area contributed by atoms with Crippen LogP contribution in [0.3, 0.4) is 0 Å². The number of nitrogens with two attached hydrogens (primary N) is 1. The van der Waals surface area contributed by atoms with Gasteiger partial charge in [-0.25, -0.2) is 4.79 Å². The van der Waals surface area contributed by atoms with E-state index >= 15 is 0 Å². The fourth-order valence-corrected chi connectivity index (χ4v) is 8.37. The number of nitrogens with one attached hydrogen (secondary N) is 1. The smallest absolute Gasteiger partial charge is 0.326 e. The maximum Gasteiger partial charge on any atom is 0.326 e. The van der Waals surface area contributed by atoms with Crippen LogP contribution >= 0.6 is 0 Å². The summed E-state index contributed by atoms with van der Waals surface area (Å²) in [7, 11) is 0. The molecule has 4 aliphatic carbocycles. The SMILES string of the molecule is C[C@]12CCC(=O)C=C1CC[C@@H]1[C@@H]2[C@@H](O)C[C@@]2(C)[C@H]1CC[C@]2(O)C(=O)COC(=O)CCC(=O)NC(CC(N)=O)C(=O)O. The number of ether oxygens (including phenoxy) is 1. The van der Waals surface area contributed by atoms with Gasteiger partial charge in [0.2, 0.25) is 17.6 Å². The normalized spacial score (nSPS) is 36.6. The first kappa shape index (κ1) is 30.8. The van der Waals surface area contributed by atoms with E-state index in [9.17, 15) is 39.0 Å². The quantitative estimate of drug-likeness (QED) is 0.228. The van der Waals surface area contributed by atoms with Crippen molar-refractivity contribution in [2.24, 2.45) is 34.3 Å². The highest BCUT2D eigenvalue weighted by molar-refractivity contribution is 5.93. The number of primary amides is 1. The Morgan fingerprint density at radius 1 is 1.12 bits per heavy atom. The minimum atomic E-state index is -1.80. The van der Waals surface area contributed by atoms with E-state index in [0.29, 0.717) is 19.3 Å². The van der Waals surface area contributed by atoms with Gasteiger partial charge >= 0.3 is 11.9 Å². The first-order valence-corrected chi connectivity index (χ1v) is 14.3. The first-order chi connectivity index (χ1) is 19.1. The van der Waals surface area contributed by atoms with E-state index < -0.39 is 78.6 Å². The number of hydrogen-bond acceptors (Lipinski definition) is 9. The topological polar surface area (TPSA) is 210 Å². The summed E-state index contributed by atoms with van der Waals surface area (Å²) in [5, 5.41) is 34.4. The van der Waals surface area contributed by atoms with Crippen molar-refractivity contribution in [3.05, 3.63) is 11.6 Å². The number of aliphatic hydroxyl groups excluding tert-OH is 1. The van der Waals surface area contributed by atoms with Crippen LogP contribution < -0.4 is 11.1 Å². The van der Waals surface area contributed by atoms with Gasteiger partial charge in [-0.15, -0.1) is 0 Å². The third-order valence-corrected chi connectivity index (χ3v) is 10.5. The van der Waals surface area contributed by atoms with Crippen molar-refractivity contribution in [1.29, 1.82) is 0 Å². The van der Waals surface area contributed by atoms with Crippen LogP contribution in [0, 0.1) is 28.6 Å². The molecule has 41 heavy (non-hydrogen) atoms. The Balaban J connectivity index is 1.36. The number of aliphatic hydroxyl groups is 2. The van der Waals surface area contributed by atoms with Gasteiger partial charge in [0, 0.05) is 18.3 Å². The molecule has 0 aliphatic heterocycles. The predicted octanol–water partition coefficient (Wildman–Crippen LogP) is 0.558. The Bertz CT molecular complexity index is 1180. The van der Waals surface area contributed by atoms with Crippen molar-refractivity contribution >= 4 is 35.3 Å². The van der Waals surface area contributed by atoms with Gasteiger partial charge in [0.05, 0.1) is 18.9 Å². The van der Waals surface area contributed by atoms with Gasteiger partial charge in [0.15, 0.2) is 12.4 Å². The molecule has 3 fully saturated rings. The van der Waals surface area contributed by atoms with Crippen LogP contribution in [-0.4, -0.2) is 75.0 Å². The molecular weight excluding hydrogens is 536 g/mol. The lowest BCUT2D eigenvalue weighted by atomic mass is 9.45. The molecule has 0 aromatic heterocycles. The van der Waals surface area contributed by atoms with Gasteiger partial charge in [-0.1, -0.05) is 19.4 Å². The van der Waals surface area contributed by atoms with E-state index in [1.807, 2.05) is 6.92 Å². The fraction of sp³-hybridized carbons (Fsp3) is 0.724. The van der Waals surface area contributed by atoms with E-state index in [0.717, 1.165) is 18.4 Å². The number of allylic oxidation sites excluding steroid dienone is 1. The molecule has 0 spiro atoms. The highest BCUT2D eigenvalue weighted by Gasteiger charge is 2.68. The summed E-state index contributed by atoms with van der Waals surface area (Å²) < 4.78 is 5.08. The lowest BCUT2D eigenvalue weighted by molar-refractivity contribution is -0.184. The molecule has 0 aromatic carbocycles. The molecule has 3 saturated carbocycles. The number of fused-ring (bicyclic) bond motifs is 5. The van der Waals surface area contributed by atoms with Crippen LogP contribution in [0.2, 0.25) is 0 Å². The van der Waals surface area contributed by atoms with Crippen molar-refractivity contribution in [3.8, 4) is 0 Å².